The van der Waals surface area contributed by atoms with Crippen LogP contribution in [0.15, 0.2) is 0 Å². The van der Waals surface area contributed by atoms with Gasteiger partial charge >= 0.3 is 0 Å². The van der Waals surface area contributed by atoms with E-state index < -0.39 is 0 Å². The third-order valence-corrected chi connectivity index (χ3v) is 3.31. The topological polar surface area (TPSA) is 55.6 Å². The molecule has 86 valence electrons. The maximum Gasteiger partial charge on any atom is 0.251 e. The van der Waals surface area contributed by atoms with Gasteiger partial charge in [0.1, 0.15) is 6.10 Å². The highest BCUT2D eigenvalue weighted by molar-refractivity contribution is 5.81. The van der Waals surface area contributed by atoms with Gasteiger partial charge in [0.2, 0.25) is 0 Å². The summed E-state index contributed by atoms with van der Waals surface area (Å²) in [6.07, 6.45) is 5.19. The van der Waals surface area contributed by atoms with Crippen LogP contribution in [0.5, 0.6) is 0 Å². The van der Waals surface area contributed by atoms with Gasteiger partial charge in [-0.3, -0.25) is 4.79 Å². The van der Waals surface area contributed by atoms with Gasteiger partial charge in [0.05, 0.1) is 6.10 Å². The van der Waals surface area contributed by atoms with Crippen LogP contribution in [0, 0.1) is 0 Å². The molecule has 0 bridgehead atoms. The minimum absolute atomic E-state index is 0.101. The average Bonchev–Trinajstić information content (AvgIpc) is 2.78. The van der Waals surface area contributed by atoms with E-state index in [-0.39, 0.29) is 18.1 Å². The Hall–Kier alpha value is -0.610. The van der Waals surface area contributed by atoms with E-state index in [9.17, 15) is 4.79 Å². The number of carbonyl (C=O) groups excluding carboxylic acids is 1. The van der Waals surface area contributed by atoms with E-state index in [0.29, 0.717) is 6.54 Å². The SMILES string of the molecule is NCC1CCC(C(=O)N2CCCCC2)O1. The van der Waals surface area contributed by atoms with Gasteiger partial charge in [-0.15, -0.1) is 0 Å². The van der Waals surface area contributed by atoms with E-state index in [1.54, 1.807) is 0 Å². The van der Waals surface area contributed by atoms with Crippen molar-refractivity contribution in [2.75, 3.05) is 19.6 Å². The number of nitrogens with two attached hydrogens (primary N) is 1. The Labute approximate surface area is 90.8 Å². The molecule has 2 fully saturated rings. The van der Waals surface area contributed by atoms with Gasteiger partial charge < -0.3 is 15.4 Å². The molecule has 0 aliphatic carbocycles. The molecule has 2 unspecified atom stereocenters. The third-order valence-electron chi connectivity index (χ3n) is 3.31. The Bertz CT molecular complexity index is 227. The maximum atomic E-state index is 12.0. The summed E-state index contributed by atoms with van der Waals surface area (Å²) in [6.45, 7) is 2.35. The molecule has 4 nitrogen and oxygen atoms in total. The zero-order valence-electron chi connectivity index (χ0n) is 9.15. The summed E-state index contributed by atoms with van der Waals surface area (Å²) in [7, 11) is 0. The Morgan fingerprint density at radius 3 is 2.60 bits per heavy atom. The highest BCUT2D eigenvalue weighted by atomic mass is 16.5. The standard InChI is InChI=1S/C11H20N2O2/c12-8-9-4-5-10(15-9)11(14)13-6-2-1-3-7-13/h9-10H,1-8,12H2. The molecule has 0 radical (unpaired) electrons. The van der Waals surface area contributed by atoms with Crippen molar-refractivity contribution in [1.29, 1.82) is 0 Å². The molecule has 2 rings (SSSR count). The molecule has 2 saturated heterocycles. The summed E-state index contributed by atoms with van der Waals surface area (Å²) in [5.41, 5.74) is 5.52. The van der Waals surface area contributed by atoms with Gasteiger partial charge in [0.25, 0.3) is 5.91 Å². The largest absolute Gasteiger partial charge is 0.364 e. The number of likely N-dealkylation sites (tertiary alicyclic amines) is 1. The fourth-order valence-electron chi connectivity index (χ4n) is 2.38. The summed E-state index contributed by atoms with van der Waals surface area (Å²) >= 11 is 0. The van der Waals surface area contributed by atoms with Crippen molar-refractivity contribution in [3.63, 3.8) is 0 Å². The van der Waals surface area contributed by atoms with Crippen molar-refractivity contribution < 1.29 is 9.53 Å². The lowest BCUT2D eigenvalue weighted by Crippen LogP contribution is -2.42. The van der Waals surface area contributed by atoms with Crippen molar-refractivity contribution in [3.8, 4) is 0 Å². The van der Waals surface area contributed by atoms with Crippen molar-refractivity contribution in [3.05, 3.63) is 0 Å². The van der Waals surface area contributed by atoms with Gasteiger partial charge in [-0.2, -0.15) is 0 Å². The van der Waals surface area contributed by atoms with Crippen LogP contribution in [0.3, 0.4) is 0 Å². The van der Waals surface area contributed by atoms with Gasteiger partial charge in [-0.05, 0) is 32.1 Å². The summed E-state index contributed by atoms with van der Waals surface area (Å²) in [5.74, 6) is 0.186. The molecule has 2 heterocycles. The fraction of sp³-hybridized carbons (Fsp3) is 0.909. The average molecular weight is 212 g/mol. The molecule has 4 heteroatoms. The lowest BCUT2D eigenvalue weighted by Gasteiger charge is -2.28. The van der Waals surface area contributed by atoms with Crippen molar-refractivity contribution in [2.24, 2.45) is 5.73 Å². The second-order valence-corrected chi connectivity index (χ2v) is 4.45. The molecular weight excluding hydrogens is 192 g/mol. The first-order chi connectivity index (χ1) is 7.31. The number of hydrogen-bond acceptors (Lipinski definition) is 3. The Morgan fingerprint density at radius 2 is 2.00 bits per heavy atom. The third kappa shape index (κ3) is 2.49. The molecule has 15 heavy (non-hydrogen) atoms. The van der Waals surface area contributed by atoms with Crippen LogP contribution >= 0.6 is 0 Å². The van der Waals surface area contributed by atoms with Crippen LogP contribution in [0.1, 0.15) is 32.1 Å². The van der Waals surface area contributed by atoms with Gasteiger partial charge in [0, 0.05) is 19.6 Å². The van der Waals surface area contributed by atoms with Crippen molar-refractivity contribution in [2.45, 2.75) is 44.3 Å². The number of rotatable bonds is 2. The second-order valence-electron chi connectivity index (χ2n) is 4.45. The normalized spacial score (nSPS) is 31.9. The molecule has 0 spiro atoms. The van der Waals surface area contributed by atoms with Crippen molar-refractivity contribution >= 4 is 5.91 Å². The van der Waals surface area contributed by atoms with E-state index in [1.165, 1.54) is 6.42 Å². The second kappa shape index (κ2) is 4.94. The Morgan fingerprint density at radius 1 is 1.27 bits per heavy atom. The van der Waals surface area contributed by atoms with Crippen LogP contribution in [-0.2, 0) is 9.53 Å². The number of piperidine rings is 1. The zero-order valence-corrected chi connectivity index (χ0v) is 9.15. The number of amides is 1. The number of ether oxygens (including phenoxy) is 1. The molecular formula is C11H20N2O2. The maximum absolute atomic E-state index is 12.0. The van der Waals surface area contributed by atoms with E-state index in [1.807, 2.05) is 4.90 Å². The van der Waals surface area contributed by atoms with Crippen LogP contribution in [0.25, 0.3) is 0 Å². The minimum atomic E-state index is -0.211. The molecule has 1 amide bonds. The fourth-order valence-corrected chi connectivity index (χ4v) is 2.38. The predicted molar refractivity (Wildman–Crippen MR) is 57.4 cm³/mol. The summed E-state index contributed by atoms with van der Waals surface area (Å²) in [5, 5.41) is 0. The number of nitrogens with zero attached hydrogens (tertiary/aromatic N) is 1. The van der Waals surface area contributed by atoms with E-state index in [4.69, 9.17) is 10.5 Å². The van der Waals surface area contributed by atoms with Crippen LogP contribution in [-0.4, -0.2) is 42.6 Å². The molecule has 0 aromatic carbocycles. The molecule has 2 N–H and O–H groups in total. The lowest BCUT2D eigenvalue weighted by molar-refractivity contribution is -0.143. The highest BCUT2D eigenvalue weighted by Gasteiger charge is 2.33. The first-order valence-corrected chi connectivity index (χ1v) is 5.95. The first-order valence-electron chi connectivity index (χ1n) is 5.95. The smallest absolute Gasteiger partial charge is 0.251 e. The Balaban J connectivity index is 1.85. The van der Waals surface area contributed by atoms with E-state index >= 15 is 0 Å². The lowest BCUT2D eigenvalue weighted by atomic mass is 10.1. The summed E-state index contributed by atoms with van der Waals surface area (Å²) in [4.78, 5) is 14.0. The molecule has 2 aliphatic heterocycles. The molecule has 0 saturated carbocycles. The molecule has 2 atom stereocenters. The number of hydrogen-bond donors (Lipinski definition) is 1. The van der Waals surface area contributed by atoms with Gasteiger partial charge in [0.15, 0.2) is 0 Å². The molecule has 2 aliphatic rings. The van der Waals surface area contributed by atoms with Crippen molar-refractivity contribution in [1.82, 2.24) is 4.90 Å². The van der Waals surface area contributed by atoms with Gasteiger partial charge in [-0.25, -0.2) is 0 Å². The molecule has 0 aromatic rings. The quantitative estimate of drug-likeness (QED) is 0.725. The summed E-state index contributed by atoms with van der Waals surface area (Å²) in [6, 6.07) is 0. The Kier molecular flexibility index (Phi) is 3.59. The van der Waals surface area contributed by atoms with Crippen LogP contribution in [0.4, 0.5) is 0 Å². The van der Waals surface area contributed by atoms with E-state index in [0.717, 1.165) is 38.8 Å². The predicted octanol–water partition coefficient (Wildman–Crippen LogP) is 0.505. The summed E-state index contributed by atoms with van der Waals surface area (Å²) < 4.78 is 5.61. The molecule has 0 aromatic heterocycles. The highest BCUT2D eigenvalue weighted by Crippen LogP contribution is 2.22. The number of carbonyl (C=O) groups is 1. The van der Waals surface area contributed by atoms with Gasteiger partial charge in [-0.1, -0.05) is 0 Å². The van der Waals surface area contributed by atoms with E-state index in [2.05, 4.69) is 0 Å². The zero-order chi connectivity index (χ0) is 10.7. The monoisotopic (exact) mass is 212 g/mol. The first kappa shape index (κ1) is 10.9. The minimum Gasteiger partial charge on any atom is -0.364 e. The van der Waals surface area contributed by atoms with Crippen LogP contribution in [0.2, 0.25) is 0 Å². The van der Waals surface area contributed by atoms with Crippen LogP contribution < -0.4 is 5.73 Å².